The van der Waals surface area contributed by atoms with Crippen molar-refractivity contribution in [3.63, 3.8) is 0 Å². The number of nitrogens with zero attached hydrogens (tertiary/aromatic N) is 3. The Kier molecular flexibility index (Phi) is 3.61. The van der Waals surface area contributed by atoms with Crippen LogP contribution in [0.25, 0.3) is 22.2 Å². The Morgan fingerprint density at radius 3 is 2.68 bits per heavy atom. The Labute approximate surface area is 126 Å². The quantitative estimate of drug-likeness (QED) is 0.803. The van der Waals surface area contributed by atoms with Crippen molar-refractivity contribution < 1.29 is 13.2 Å². The van der Waals surface area contributed by atoms with Crippen molar-refractivity contribution in [2.75, 3.05) is 0 Å². The van der Waals surface area contributed by atoms with E-state index in [1.165, 1.54) is 18.3 Å². The van der Waals surface area contributed by atoms with Crippen LogP contribution >= 0.6 is 11.6 Å². The van der Waals surface area contributed by atoms with Gasteiger partial charge in [-0.3, -0.25) is 4.79 Å². The molecular formula is C13H8ClF3N4O. The Hall–Kier alpha value is -2.35. The molecule has 2 heterocycles. The molecule has 1 atom stereocenters. The fourth-order valence-corrected chi connectivity index (χ4v) is 2.39. The highest BCUT2D eigenvalue weighted by Gasteiger charge is 2.25. The summed E-state index contributed by atoms with van der Waals surface area (Å²) in [7, 11) is 0. The van der Waals surface area contributed by atoms with Crippen molar-refractivity contribution in [3.05, 3.63) is 46.1 Å². The minimum Gasteiger partial charge on any atom is -0.313 e. The van der Waals surface area contributed by atoms with Gasteiger partial charge in [0.2, 0.25) is 0 Å². The van der Waals surface area contributed by atoms with Crippen LogP contribution in [-0.4, -0.2) is 26.2 Å². The van der Waals surface area contributed by atoms with Crippen LogP contribution in [0.3, 0.4) is 0 Å². The molecule has 1 N–H and O–H groups in total. The van der Waals surface area contributed by atoms with E-state index in [4.69, 9.17) is 11.6 Å². The van der Waals surface area contributed by atoms with E-state index in [-0.39, 0.29) is 21.8 Å². The number of alkyl halides is 3. The van der Waals surface area contributed by atoms with E-state index >= 15 is 0 Å². The van der Waals surface area contributed by atoms with Crippen LogP contribution in [0.4, 0.5) is 13.2 Å². The molecule has 0 radical (unpaired) electrons. The van der Waals surface area contributed by atoms with Crippen molar-refractivity contribution in [1.82, 2.24) is 19.7 Å². The lowest BCUT2D eigenvalue weighted by Gasteiger charge is -2.11. The van der Waals surface area contributed by atoms with Gasteiger partial charge in [0.15, 0.2) is 0 Å². The SMILES string of the molecule is O=c1cc(-c2cc(Cl)cc3cnn(C(F)C(F)F)c23)nc[nH]1. The number of H-pyrrole nitrogens is 1. The third kappa shape index (κ3) is 2.45. The molecule has 0 aliphatic carbocycles. The molecule has 114 valence electrons. The Morgan fingerprint density at radius 2 is 2.00 bits per heavy atom. The second-order valence-electron chi connectivity index (χ2n) is 4.48. The highest BCUT2D eigenvalue weighted by Crippen LogP contribution is 2.33. The topological polar surface area (TPSA) is 63.6 Å². The van der Waals surface area contributed by atoms with E-state index in [1.807, 2.05) is 0 Å². The van der Waals surface area contributed by atoms with Gasteiger partial charge >= 0.3 is 0 Å². The summed E-state index contributed by atoms with van der Waals surface area (Å²) >= 11 is 5.97. The van der Waals surface area contributed by atoms with Crippen LogP contribution in [0, 0.1) is 0 Å². The van der Waals surface area contributed by atoms with Gasteiger partial charge in [0.1, 0.15) is 0 Å². The van der Waals surface area contributed by atoms with E-state index in [0.29, 0.717) is 10.1 Å². The lowest BCUT2D eigenvalue weighted by molar-refractivity contribution is 0.00348. The van der Waals surface area contributed by atoms with Crippen LogP contribution in [0.5, 0.6) is 0 Å². The van der Waals surface area contributed by atoms with E-state index in [2.05, 4.69) is 15.1 Å². The molecule has 0 aliphatic rings. The van der Waals surface area contributed by atoms with Gasteiger partial charge in [-0.2, -0.15) is 5.10 Å². The predicted molar refractivity (Wildman–Crippen MR) is 74.7 cm³/mol. The number of halogens is 4. The molecule has 1 aromatic carbocycles. The van der Waals surface area contributed by atoms with Gasteiger partial charge in [0, 0.05) is 22.0 Å². The van der Waals surface area contributed by atoms with Crippen LogP contribution < -0.4 is 5.56 Å². The van der Waals surface area contributed by atoms with Crippen molar-refractivity contribution in [1.29, 1.82) is 0 Å². The Balaban J connectivity index is 2.33. The van der Waals surface area contributed by atoms with Gasteiger partial charge in [0.05, 0.1) is 23.7 Å². The molecule has 5 nitrogen and oxygen atoms in total. The standard InChI is InChI=1S/C13H8ClF3N4O/c14-7-1-6-4-20-21(13(17)12(15)16)11(6)8(2-7)9-3-10(22)19-5-18-9/h1-5,12-13H,(H,18,19,22). The van der Waals surface area contributed by atoms with Crippen LogP contribution in [-0.2, 0) is 0 Å². The van der Waals surface area contributed by atoms with E-state index in [1.54, 1.807) is 0 Å². The molecule has 1 unspecified atom stereocenters. The minimum atomic E-state index is -3.24. The summed E-state index contributed by atoms with van der Waals surface area (Å²) in [6.45, 7) is 0. The Morgan fingerprint density at radius 1 is 1.23 bits per heavy atom. The number of fused-ring (bicyclic) bond motifs is 1. The zero-order chi connectivity index (χ0) is 15.9. The minimum absolute atomic E-state index is 0.0929. The van der Waals surface area contributed by atoms with Crippen molar-refractivity contribution >= 4 is 22.5 Å². The first-order valence-electron chi connectivity index (χ1n) is 6.11. The fraction of sp³-hybridized carbons (Fsp3) is 0.154. The highest BCUT2D eigenvalue weighted by molar-refractivity contribution is 6.31. The molecule has 0 saturated carbocycles. The first-order chi connectivity index (χ1) is 10.5. The van der Waals surface area contributed by atoms with E-state index < -0.39 is 18.3 Å². The molecule has 0 bridgehead atoms. The molecule has 0 spiro atoms. The third-order valence-corrected chi connectivity index (χ3v) is 3.27. The summed E-state index contributed by atoms with van der Waals surface area (Å²) in [4.78, 5) is 17.7. The maximum absolute atomic E-state index is 13.7. The van der Waals surface area contributed by atoms with Crippen molar-refractivity contribution in [2.24, 2.45) is 0 Å². The summed E-state index contributed by atoms with van der Waals surface area (Å²) in [5.41, 5.74) is 0.0824. The highest BCUT2D eigenvalue weighted by atomic mass is 35.5. The van der Waals surface area contributed by atoms with Gasteiger partial charge in [-0.05, 0) is 12.1 Å². The molecular weight excluding hydrogens is 321 g/mol. The van der Waals surface area contributed by atoms with Gasteiger partial charge < -0.3 is 4.98 Å². The largest absolute Gasteiger partial charge is 0.313 e. The summed E-state index contributed by atoms with van der Waals surface area (Å²) in [6.07, 6.45) is -3.46. The lowest BCUT2D eigenvalue weighted by Crippen LogP contribution is -2.14. The molecule has 0 saturated heterocycles. The van der Waals surface area contributed by atoms with Crippen molar-refractivity contribution in [2.45, 2.75) is 12.7 Å². The fourth-order valence-electron chi connectivity index (χ4n) is 2.16. The Bertz CT molecular complexity index is 892. The van der Waals surface area contributed by atoms with Crippen LogP contribution in [0.2, 0.25) is 5.02 Å². The number of nitrogens with one attached hydrogen (secondary N) is 1. The number of hydrogen-bond donors (Lipinski definition) is 1. The summed E-state index contributed by atoms with van der Waals surface area (Å²) in [6, 6.07) is 4.05. The number of aromatic amines is 1. The molecule has 3 aromatic rings. The molecule has 0 fully saturated rings. The number of aromatic nitrogens is 4. The number of hydrogen-bond acceptors (Lipinski definition) is 3. The second-order valence-corrected chi connectivity index (χ2v) is 4.92. The monoisotopic (exact) mass is 328 g/mol. The molecule has 3 rings (SSSR count). The molecule has 0 amide bonds. The zero-order valence-corrected chi connectivity index (χ0v) is 11.6. The smallest absolute Gasteiger partial charge is 0.289 e. The van der Waals surface area contributed by atoms with Crippen molar-refractivity contribution in [3.8, 4) is 11.3 Å². The number of benzene rings is 1. The molecule has 2 aromatic heterocycles. The first-order valence-corrected chi connectivity index (χ1v) is 6.49. The first kappa shape index (κ1) is 14.6. The van der Waals surface area contributed by atoms with Gasteiger partial charge in [-0.15, -0.1) is 0 Å². The average molecular weight is 329 g/mol. The van der Waals surface area contributed by atoms with Crippen LogP contribution in [0.15, 0.2) is 35.5 Å². The molecule has 22 heavy (non-hydrogen) atoms. The van der Waals surface area contributed by atoms with Crippen LogP contribution in [0.1, 0.15) is 6.30 Å². The van der Waals surface area contributed by atoms with Gasteiger partial charge in [-0.25, -0.2) is 22.8 Å². The maximum Gasteiger partial charge on any atom is 0.289 e. The normalized spacial score (nSPS) is 13.0. The van der Waals surface area contributed by atoms with E-state index in [9.17, 15) is 18.0 Å². The molecule has 0 aliphatic heterocycles. The van der Waals surface area contributed by atoms with Gasteiger partial charge in [-0.1, -0.05) is 11.6 Å². The summed E-state index contributed by atoms with van der Waals surface area (Å²) in [5.74, 6) is 0. The predicted octanol–water partition coefficient (Wildman–Crippen LogP) is 3.17. The average Bonchev–Trinajstić information content (AvgIpc) is 2.89. The second kappa shape index (κ2) is 5.45. The maximum atomic E-state index is 13.7. The summed E-state index contributed by atoms with van der Waals surface area (Å²) in [5, 5.41) is 4.31. The molecule has 9 heteroatoms. The van der Waals surface area contributed by atoms with E-state index in [0.717, 1.165) is 12.4 Å². The third-order valence-electron chi connectivity index (χ3n) is 3.05. The van der Waals surface area contributed by atoms with Gasteiger partial charge in [0.25, 0.3) is 18.3 Å². The number of rotatable bonds is 3. The lowest BCUT2D eigenvalue weighted by atomic mass is 10.1. The summed E-state index contributed by atoms with van der Waals surface area (Å²) < 4.78 is 39.6. The zero-order valence-electron chi connectivity index (χ0n) is 10.8.